The highest BCUT2D eigenvalue weighted by Gasteiger charge is 2.06. The van der Waals surface area contributed by atoms with Crippen LogP contribution >= 0.6 is 24.0 Å². The summed E-state index contributed by atoms with van der Waals surface area (Å²) in [6, 6.07) is 9.70. The maximum Gasteiger partial charge on any atom is 0.191 e. The number of aliphatic imine (C=N–C) groups is 1. The number of hydrogen-bond acceptors (Lipinski definition) is 5. The summed E-state index contributed by atoms with van der Waals surface area (Å²) >= 11 is 0. The lowest BCUT2D eigenvalue weighted by Gasteiger charge is -2.13. The zero-order chi connectivity index (χ0) is 20.7. The van der Waals surface area contributed by atoms with E-state index < -0.39 is 0 Å². The summed E-state index contributed by atoms with van der Waals surface area (Å²) in [4.78, 5) is 4.65. The summed E-state index contributed by atoms with van der Waals surface area (Å²) in [5.74, 6) is 3.12. The number of halogens is 1. The van der Waals surface area contributed by atoms with E-state index in [-0.39, 0.29) is 24.0 Å². The topological polar surface area (TPSA) is 77.2 Å². The van der Waals surface area contributed by atoms with Gasteiger partial charge < -0.3 is 29.3 Å². The van der Waals surface area contributed by atoms with Crippen LogP contribution in [0.15, 0.2) is 46.0 Å². The van der Waals surface area contributed by atoms with Crippen molar-refractivity contribution in [2.24, 2.45) is 4.99 Å². The quantitative estimate of drug-likeness (QED) is 0.173. The first-order valence-corrected chi connectivity index (χ1v) is 10.2. The molecule has 0 saturated carbocycles. The number of hydrogen-bond donors (Lipinski definition) is 2. The van der Waals surface area contributed by atoms with Crippen LogP contribution in [0.1, 0.15) is 38.0 Å². The normalized spacial score (nSPS) is 11.0. The van der Waals surface area contributed by atoms with Gasteiger partial charge in [0.1, 0.15) is 12.4 Å². The molecule has 1 heterocycles. The van der Waals surface area contributed by atoms with Gasteiger partial charge >= 0.3 is 0 Å². The van der Waals surface area contributed by atoms with Crippen molar-refractivity contribution in [3.05, 3.63) is 47.9 Å². The first-order valence-electron chi connectivity index (χ1n) is 10.2. The van der Waals surface area contributed by atoms with Gasteiger partial charge in [0.25, 0.3) is 0 Å². The molecule has 0 atom stereocenters. The lowest BCUT2D eigenvalue weighted by Crippen LogP contribution is -2.38. The molecular formula is C22H34IN3O4. The second-order valence-electron chi connectivity index (χ2n) is 6.44. The van der Waals surface area contributed by atoms with Gasteiger partial charge in [-0.1, -0.05) is 13.0 Å². The molecule has 0 bridgehead atoms. The van der Waals surface area contributed by atoms with Crippen molar-refractivity contribution >= 4 is 29.9 Å². The molecule has 30 heavy (non-hydrogen) atoms. The van der Waals surface area contributed by atoms with Crippen LogP contribution in [-0.4, -0.2) is 39.4 Å². The molecule has 0 aliphatic heterocycles. The Balaban J connectivity index is 0.00000450. The number of nitrogens with one attached hydrogen (secondary N) is 2. The number of guanidine groups is 1. The van der Waals surface area contributed by atoms with Crippen molar-refractivity contribution < 1.29 is 18.6 Å². The standard InChI is InChI=1S/C22H33N3O4.HI/c1-4-12-29-20-10-9-18(15-21(20)26-3)16-25-22(23-5-2)24-11-7-13-27-17-19-8-6-14-28-19;/h6,8-10,14-15H,4-5,7,11-13,16-17H2,1-3H3,(H2,23,24,25);1H. The van der Waals surface area contributed by atoms with Crippen LogP contribution in [0.5, 0.6) is 11.5 Å². The van der Waals surface area contributed by atoms with E-state index >= 15 is 0 Å². The molecule has 2 aromatic rings. The van der Waals surface area contributed by atoms with Crippen LogP contribution in [0.25, 0.3) is 0 Å². The molecule has 1 aromatic heterocycles. The smallest absolute Gasteiger partial charge is 0.191 e. The Morgan fingerprint density at radius 1 is 1.10 bits per heavy atom. The summed E-state index contributed by atoms with van der Waals surface area (Å²) < 4.78 is 22.0. The van der Waals surface area contributed by atoms with Crippen molar-refractivity contribution in [1.82, 2.24) is 10.6 Å². The molecule has 168 valence electrons. The Hall–Kier alpha value is -1.94. The fourth-order valence-corrected chi connectivity index (χ4v) is 2.60. The number of benzene rings is 1. The summed E-state index contributed by atoms with van der Waals surface area (Å²) in [6.45, 7) is 8.08. The Morgan fingerprint density at radius 2 is 1.97 bits per heavy atom. The van der Waals surface area contributed by atoms with E-state index in [1.165, 1.54) is 0 Å². The molecule has 0 fully saturated rings. The minimum atomic E-state index is 0. The summed E-state index contributed by atoms with van der Waals surface area (Å²) in [7, 11) is 1.65. The number of nitrogens with zero attached hydrogens (tertiary/aromatic N) is 1. The van der Waals surface area contributed by atoms with E-state index in [0.717, 1.165) is 54.7 Å². The van der Waals surface area contributed by atoms with E-state index in [2.05, 4.69) is 22.5 Å². The van der Waals surface area contributed by atoms with Crippen molar-refractivity contribution in [2.45, 2.75) is 39.8 Å². The molecule has 7 nitrogen and oxygen atoms in total. The molecule has 1 aromatic carbocycles. The maximum atomic E-state index is 5.70. The Bertz CT molecular complexity index is 723. The summed E-state index contributed by atoms with van der Waals surface area (Å²) in [5, 5.41) is 6.59. The van der Waals surface area contributed by atoms with Gasteiger partial charge in [-0.25, -0.2) is 4.99 Å². The van der Waals surface area contributed by atoms with Gasteiger partial charge in [-0.2, -0.15) is 0 Å². The van der Waals surface area contributed by atoms with Gasteiger partial charge in [0.15, 0.2) is 17.5 Å². The van der Waals surface area contributed by atoms with E-state index in [4.69, 9.17) is 18.6 Å². The first-order chi connectivity index (χ1) is 14.3. The molecule has 0 spiro atoms. The second-order valence-corrected chi connectivity index (χ2v) is 6.44. The van der Waals surface area contributed by atoms with Crippen molar-refractivity contribution in [3.63, 3.8) is 0 Å². The maximum absolute atomic E-state index is 5.70. The molecule has 8 heteroatoms. The number of rotatable bonds is 13. The number of furan rings is 1. The highest BCUT2D eigenvalue weighted by atomic mass is 127. The molecular weight excluding hydrogens is 497 g/mol. The van der Waals surface area contributed by atoms with Gasteiger partial charge in [-0.3, -0.25) is 0 Å². The number of methoxy groups -OCH3 is 1. The van der Waals surface area contributed by atoms with Gasteiger partial charge in [0.2, 0.25) is 0 Å². The Labute approximate surface area is 196 Å². The van der Waals surface area contributed by atoms with Crippen molar-refractivity contribution in [2.75, 3.05) is 33.4 Å². The van der Waals surface area contributed by atoms with E-state index in [0.29, 0.717) is 26.4 Å². The van der Waals surface area contributed by atoms with Crippen molar-refractivity contribution in [3.8, 4) is 11.5 Å². The molecule has 0 radical (unpaired) electrons. The Morgan fingerprint density at radius 3 is 2.67 bits per heavy atom. The molecule has 0 aliphatic rings. The average Bonchev–Trinajstić information content (AvgIpc) is 3.26. The molecule has 0 saturated heterocycles. The molecule has 0 unspecified atom stereocenters. The minimum Gasteiger partial charge on any atom is -0.493 e. The first kappa shape index (κ1) is 26.1. The van der Waals surface area contributed by atoms with Crippen molar-refractivity contribution in [1.29, 1.82) is 0 Å². The van der Waals surface area contributed by atoms with E-state index in [1.54, 1.807) is 13.4 Å². The third-order valence-corrected chi connectivity index (χ3v) is 4.04. The molecule has 0 aliphatic carbocycles. The van der Waals surface area contributed by atoms with Gasteiger partial charge in [-0.15, -0.1) is 24.0 Å². The monoisotopic (exact) mass is 531 g/mol. The fourth-order valence-electron chi connectivity index (χ4n) is 2.60. The molecule has 0 amide bonds. The van der Waals surface area contributed by atoms with Crippen LogP contribution < -0.4 is 20.1 Å². The van der Waals surface area contributed by atoms with E-state index in [1.807, 2.05) is 37.3 Å². The molecule has 2 rings (SSSR count). The minimum absolute atomic E-state index is 0. The lowest BCUT2D eigenvalue weighted by molar-refractivity contribution is 0.105. The van der Waals surface area contributed by atoms with Gasteiger partial charge in [0, 0.05) is 19.7 Å². The summed E-state index contributed by atoms with van der Waals surface area (Å²) in [5.41, 5.74) is 1.06. The van der Waals surface area contributed by atoms with Gasteiger partial charge in [-0.05, 0) is 49.6 Å². The summed E-state index contributed by atoms with van der Waals surface area (Å²) in [6.07, 6.45) is 3.49. The zero-order valence-corrected chi connectivity index (χ0v) is 20.4. The van der Waals surface area contributed by atoms with Crippen LogP contribution in [0.2, 0.25) is 0 Å². The second kappa shape index (κ2) is 15.8. The van der Waals surface area contributed by atoms with Crippen LogP contribution in [0, 0.1) is 0 Å². The average molecular weight is 531 g/mol. The van der Waals surface area contributed by atoms with Crippen LogP contribution in [0.3, 0.4) is 0 Å². The lowest BCUT2D eigenvalue weighted by atomic mass is 10.2. The predicted octanol–water partition coefficient (Wildman–Crippen LogP) is 4.36. The SMILES string of the molecule is CCCOc1ccc(CN=C(NCC)NCCCOCc2ccco2)cc1OC.I. The highest BCUT2D eigenvalue weighted by Crippen LogP contribution is 2.28. The largest absolute Gasteiger partial charge is 0.493 e. The number of ether oxygens (including phenoxy) is 3. The third-order valence-electron chi connectivity index (χ3n) is 4.04. The molecule has 2 N–H and O–H groups in total. The fraction of sp³-hybridized carbons (Fsp3) is 0.500. The highest BCUT2D eigenvalue weighted by molar-refractivity contribution is 14.0. The Kier molecular flexibility index (Phi) is 13.8. The van der Waals surface area contributed by atoms with Crippen LogP contribution in [0.4, 0.5) is 0 Å². The van der Waals surface area contributed by atoms with Gasteiger partial charge in [0.05, 0.1) is 26.5 Å². The van der Waals surface area contributed by atoms with Crippen LogP contribution in [-0.2, 0) is 17.9 Å². The zero-order valence-electron chi connectivity index (χ0n) is 18.1. The van der Waals surface area contributed by atoms with E-state index in [9.17, 15) is 0 Å². The third kappa shape index (κ3) is 9.71. The predicted molar refractivity (Wildman–Crippen MR) is 130 cm³/mol.